The Bertz CT molecular complexity index is 1010. The third kappa shape index (κ3) is 5.78. The summed E-state index contributed by atoms with van der Waals surface area (Å²) in [6.07, 6.45) is 12.5. The van der Waals surface area contributed by atoms with Gasteiger partial charge in [-0.15, -0.1) is 0 Å². The topological polar surface area (TPSA) is 37.3 Å². The molecule has 2 heteroatoms. The van der Waals surface area contributed by atoms with E-state index in [1.54, 1.807) is 6.07 Å². The summed E-state index contributed by atoms with van der Waals surface area (Å²) in [5.41, 5.74) is 7.26. The van der Waals surface area contributed by atoms with Crippen LogP contribution >= 0.6 is 0 Å². The maximum Gasteiger partial charge on any atom is 0.335 e. The van der Waals surface area contributed by atoms with E-state index in [0.717, 1.165) is 24.0 Å². The van der Waals surface area contributed by atoms with Crippen molar-refractivity contribution in [3.63, 3.8) is 0 Å². The molecule has 0 aromatic heterocycles. The Kier molecular flexibility index (Phi) is 7.88. The lowest BCUT2D eigenvalue weighted by Crippen LogP contribution is -2.34. The van der Waals surface area contributed by atoms with Crippen molar-refractivity contribution < 1.29 is 9.90 Å². The van der Waals surface area contributed by atoms with E-state index in [9.17, 15) is 9.90 Å². The molecule has 3 rings (SSSR count). The van der Waals surface area contributed by atoms with Crippen LogP contribution in [-0.4, -0.2) is 11.1 Å². The van der Waals surface area contributed by atoms with Crippen molar-refractivity contribution in [2.45, 2.75) is 103 Å². The van der Waals surface area contributed by atoms with Gasteiger partial charge in [-0.25, -0.2) is 4.79 Å². The zero-order chi connectivity index (χ0) is 24.2. The molecule has 1 unspecified atom stereocenters. The lowest BCUT2D eigenvalue weighted by Gasteiger charge is -2.42. The smallest absolute Gasteiger partial charge is 0.335 e. The number of hydrogen-bond acceptors (Lipinski definition) is 1. The second-order valence-electron chi connectivity index (χ2n) is 11.1. The van der Waals surface area contributed by atoms with Gasteiger partial charge in [0.15, 0.2) is 0 Å². The largest absolute Gasteiger partial charge is 0.478 e. The maximum absolute atomic E-state index is 11.5. The highest BCUT2D eigenvalue weighted by molar-refractivity contribution is 5.89. The summed E-state index contributed by atoms with van der Waals surface area (Å²) in [7, 11) is 0. The highest BCUT2D eigenvalue weighted by Crippen LogP contribution is 2.46. The lowest BCUT2D eigenvalue weighted by atomic mass is 9.62. The summed E-state index contributed by atoms with van der Waals surface area (Å²) in [5, 5.41) is 9.43. The van der Waals surface area contributed by atoms with E-state index in [1.165, 1.54) is 48.8 Å². The normalized spacial score (nSPS) is 17.6. The van der Waals surface area contributed by atoms with Gasteiger partial charge in [0.25, 0.3) is 0 Å². The average molecular weight is 447 g/mol. The van der Waals surface area contributed by atoms with Gasteiger partial charge in [0.1, 0.15) is 0 Å². The molecule has 33 heavy (non-hydrogen) atoms. The summed E-state index contributed by atoms with van der Waals surface area (Å²) in [6.45, 7) is 13.8. The summed E-state index contributed by atoms with van der Waals surface area (Å²) in [5.74, 6) is -0.480. The summed E-state index contributed by atoms with van der Waals surface area (Å²) >= 11 is 0. The Hall–Kier alpha value is -2.35. The molecule has 0 amide bonds. The Morgan fingerprint density at radius 3 is 2.30 bits per heavy atom. The molecule has 2 nitrogen and oxygen atoms in total. The molecule has 1 aliphatic rings. The second-order valence-corrected chi connectivity index (χ2v) is 11.1. The van der Waals surface area contributed by atoms with E-state index in [2.05, 4.69) is 65.0 Å². The minimum absolute atomic E-state index is 0.210. The van der Waals surface area contributed by atoms with Crippen molar-refractivity contribution in [2.24, 2.45) is 0 Å². The molecule has 0 spiro atoms. The summed E-state index contributed by atoms with van der Waals surface area (Å²) in [4.78, 5) is 11.5. The van der Waals surface area contributed by atoms with E-state index >= 15 is 0 Å². The molecule has 1 aliphatic carbocycles. The number of allylic oxidation sites excluding steroid dienone is 1. The molecule has 1 N–H and O–H groups in total. The van der Waals surface area contributed by atoms with Crippen LogP contribution in [0.25, 0.3) is 6.08 Å². The number of fused-ring (bicyclic) bond motifs is 1. The van der Waals surface area contributed by atoms with Crippen LogP contribution in [0, 0.1) is 0 Å². The van der Waals surface area contributed by atoms with E-state index in [0.29, 0.717) is 11.5 Å². The van der Waals surface area contributed by atoms with Crippen LogP contribution in [0.5, 0.6) is 0 Å². The van der Waals surface area contributed by atoms with Crippen molar-refractivity contribution in [3.05, 3.63) is 75.9 Å². The molecule has 0 saturated carbocycles. The number of aryl methyl sites for hydroxylation is 1. The molecule has 0 bridgehead atoms. The van der Waals surface area contributed by atoms with E-state index in [4.69, 9.17) is 0 Å². The summed E-state index contributed by atoms with van der Waals surface area (Å²) < 4.78 is 0. The fraction of sp³-hybridized carbons (Fsp3) is 0.516. The molecular formula is C31H42O2. The quantitative estimate of drug-likeness (QED) is 0.391. The lowest BCUT2D eigenvalue weighted by molar-refractivity contribution is 0.0695. The number of carboxylic acid groups (broad SMARTS) is 1. The van der Waals surface area contributed by atoms with E-state index in [-0.39, 0.29) is 10.8 Å². The van der Waals surface area contributed by atoms with Gasteiger partial charge in [-0.3, -0.25) is 0 Å². The van der Waals surface area contributed by atoms with Crippen LogP contribution in [0.4, 0.5) is 0 Å². The molecule has 178 valence electrons. The predicted octanol–water partition coefficient (Wildman–Crippen LogP) is 8.67. The molecule has 0 radical (unpaired) electrons. The molecule has 0 fully saturated rings. The van der Waals surface area contributed by atoms with Crippen LogP contribution in [0.15, 0.2) is 42.5 Å². The second kappa shape index (κ2) is 10.3. The first kappa shape index (κ1) is 25.3. The number of unbranched alkanes of at least 4 members (excludes halogenated alkanes) is 2. The van der Waals surface area contributed by atoms with Crippen LogP contribution in [0.1, 0.15) is 124 Å². The molecule has 0 aliphatic heterocycles. The number of aromatic carboxylic acids is 1. The van der Waals surface area contributed by atoms with Crippen LogP contribution < -0.4 is 0 Å². The third-order valence-electron chi connectivity index (χ3n) is 7.69. The van der Waals surface area contributed by atoms with Crippen molar-refractivity contribution in [2.75, 3.05) is 0 Å². The Morgan fingerprint density at radius 2 is 1.67 bits per heavy atom. The molecular weight excluding hydrogens is 404 g/mol. The Balaban J connectivity index is 1.96. The first-order valence-electron chi connectivity index (χ1n) is 12.8. The molecule has 2 aromatic rings. The van der Waals surface area contributed by atoms with Gasteiger partial charge in [0.2, 0.25) is 0 Å². The van der Waals surface area contributed by atoms with Crippen LogP contribution in [0.2, 0.25) is 0 Å². The molecule has 1 atom stereocenters. The summed E-state index contributed by atoms with van der Waals surface area (Å²) in [6, 6.07) is 12.9. The number of benzene rings is 2. The van der Waals surface area contributed by atoms with Gasteiger partial charge in [-0.05, 0) is 70.4 Å². The van der Waals surface area contributed by atoms with Gasteiger partial charge in [0.05, 0.1) is 5.56 Å². The molecule has 0 saturated heterocycles. The van der Waals surface area contributed by atoms with Crippen molar-refractivity contribution in [1.82, 2.24) is 0 Å². The van der Waals surface area contributed by atoms with Crippen LogP contribution in [0.3, 0.4) is 0 Å². The van der Waals surface area contributed by atoms with Gasteiger partial charge in [-0.1, -0.05) is 103 Å². The zero-order valence-electron chi connectivity index (χ0n) is 21.5. The average Bonchev–Trinajstić information content (AvgIpc) is 2.78. The fourth-order valence-electron chi connectivity index (χ4n) is 5.27. The first-order valence-corrected chi connectivity index (χ1v) is 12.8. The fourth-order valence-corrected chi connectivity index (χ4v) is 5.27. The van der Waals surface area contributed by atoms with E-state index in [1.807, 2.05) is 19.1 Å². The zero-order valence-corrected chi connectivity index (χ0v) is 21.5. The highest BCUT2D eigenvalue weighted by atomic mass is 16.4. The van der Waals surface area contributed by atoms with Crippen molar-refractivity contribution >= 4 is 12.0 Å². The predicted molar refractivity (Wildman–Crippen MR) is 140 cm³/mol. The van der Waals surface area contributed by atoms with Crippen LogP contribution in [-0.2, 0) is 17.3 Å². The van der Waals surface area contributed by atoms with Gasteiger partial charge >= 0.3 is 5.97 Å². The van der Waals surface area contributed by atoms with Gasteiger partial charge < -0.3 is 5.11 Å². The monoisotopic (exact) mass is 446 g/mol. The molecule has 2 aromatic carbocycles. The first-order chi connectivity index (χ1) is 15.6. The Labute approximate surface area is 201 Å². The van der Waals surface area contributed by atoms with Gasteiger partial charge in [-0.2, -0.15) is 0 Å². The molecule has 0 heterocycles. The maximum atomic E-state index is 11.5. The van der Waals surface area contributed by atoms with Crippen molar-refractivity contribution in [1.29, 1.82) is 0 Å². The highest BCUT2D eigenvalue weighted by Gasteiger charge is 2.37. The number of carbonyl (C=O) groups is 1. The standard InChI is InChI=1S/C31H42O2/c1-7-9-10-11-24(14-12-22-13-16-26(29(32)33)23(8-2)20-22)25-15-17-27-28(21-25)31(5,6)19-18-30(27,3)4/h12-17,20-21,24H,7-11,18-19H2,1-6H3,(H,32,33)/b14-12+. The number of carboxylic acids is 1. The minimum atomic E-state index is -0.848. The van der Waals surface area contributed by atoms with E-state index < -0.39 is 5.97 Å². The number of hydrogen-bond donors (Lipinski definition) is 1. The van der Waals surface area contributed by atoms with Crippen molar-refractivity contribution in [3.8, 4) is 0 Å². The number of rotatable bonds is 9. The Morgan fingerprint density at radius 1 is 0.970 bits per heavy atom. The minimum Gasteiger partial charge on any atom is -0.478 e. The SMILES string of the molecule is CCCCCC(/C=C/c1ccc(C(=O)O)c(CC)c1)c1ccc2c(c1)C(C)(C)CCC2(C)C. The third-order valence-corrected chi connectivity index (χ3v) is 7.69. The van der Waals surface area contributed by atoms with Gasteiger partial charge in [0, 0.05) is 5.92 Å².